The Bertz CT molecular complexity index is 2010. The van der Waals surface area contributed by atoms with Crippen LogP contribution in [0.25, 0.3) is 0 Å². The van der Waals surface area contributed by atoms with E-state index in [0.29, 0.717) is 26.1 Å². The van der Waals surface area contributed by atoms with Gasteiger partial charge in [0.25, 0.3) is 0 Å². The smallest absolute Gasteiger partial charge is 0.339 e. The second-order valence-corrected chi connectivity index (χ2v) is 17.0. The second-order valence-electron chi connectivity index (χ2n) is 17.0. The highest BCUT2D eigenvalue weighted by Crippen LogP contribution is 2.20. The first-order chi connectivity index (χ1) is 32.5. The second kappa shape index (κ2) is 31.0. The summed E-state index contributed by atoms with van der Waals surface area (Å²) in [6.45, 7) is 5.53. The predicted octanol–water partition coefficient (Wildman–Crippen LogP) is 15.0. The minimum Gasteiger partial charge on any atom is -0.493 e. The molecule has 5 aromatic carbocycles. The van der Waals surface area contributed by atoms with Gasteiger partial charge in [-0.3, -0.25) is 9.98 Å². The molecular weight excluding hydrogens is 821 g/mol. The van der Waals surface area contributed by atoms with Crippen molar-refractivity contribution in [2.45, 2.75) is 129 Å². The van der Waals surface area contributed by atoms with Crippen LogP contribution in [-0.2, 0) is 22.3 Å². The molecule has 0 bridgehead atoms. The van der Waals surface area contributed by atoms with Crippen molar-refractivity contribution in [2.75, 3.05) is 26.4 Å². The molecule has 0 saturated heterocycles. The predicted molar refractivity (Wildman–Crippen MR) is 271 cm³/mol. The van der Waals surface area contributed by atoms with Gasteiger partial charge in [0.15, 0.2) is 0 Å². The van der Waals surface area contributed by atoms with Crippen molar-refractivity contribution in [3.8, 4) is 11.5 Å². The van der Waals surface area contributed by atoms with E-state index in [1.807, 2.05) is 61.0 Å². The van der Waals surface area contributed by atoms with Crippen molar-refractivity contribution in [1.29, 1.82) is 0 Å². The van der Waals surface area contributed by atoms with Gasteiger partial charge >= 0.3 is 11.9 Å². The molecule has 0 aliphatic heterocycles. The number of ether oxygens (including phenoxy) is 4. The highest BCUT2D eigenvalue weighted by Gasteiger charge is 2.19. The molecule has 0 aromatic heterocycles. The third-order valence-electron chi connectivity index (χ3n) is 11.4. The zero-order chi connectivity index (χ0) is 46.3. The lowest BCUT2D eigenvalue weighted by atomic mass is 10.0. The van der Waals surface area contributed by atoms with Gasteiger partial charge in [0.1, 0.15) is 11.5 Å². The molecule has 350 valence electrons. The molecule has 0 radical (unpaired) electrons. The van der Waals surface area contributed by atoms with Crippen LogP contribution in [0.1, 0.15) is 160 Å². The molecule has 5 aromatic rings. The van der Waals surface area contributed by atoms with Gasteiger partial charge in [-0.15, -0.1) is 0 Å². The SMILES string of the molecule is CCCCCCCCCc1ccc(N=Cc2ccc(OCCCOC(=O)c3ccccc3C(=O)OCCCOc3ccc(C=Nc4ccc(CCCCCCCCC)cc4)cc3)cc2)cc1. The number of nitrogens with zero attached hydrogens (tertiary/aromatic N) is 2. The van der Waals surface area contributed by atoms with Gasteiger partial charge in [0.2, 0.25) is 0 Å². The fourth-order valence-electron chi connectivity index (χ4n) is 7.49. The quantitative estimate of drug-likeness (QED) is 0.0242. The highest BCUT2D eigenvalue weighted by molar-refractivity contribution is 6.03. The zero-order valence-electron chi connectivity index (χ0n) is 39.6. The van der Waals surface area contributed by atoms with Crippen molar-refractivity contribution in [3.63, 3.8) is 0 Å². The summed E-state index contributed by atoms with van der Waals surface area (Å²) >= 11 is 0. The minimum atomic E-state index is -0.585. The zero-order valence-corrected chi connectivity index (χ0v) is 39.6. The molecule has 0 atom stereocenters. The highest BCUT2D eigenvalue weighted by atomic mass is 16.5. The molecule has 0 saturated carbocycles. The Kier molecular flexibility index (Phi) is 23.9. The van der Waals surface area contributed by atoms with Crippen LogP contribution in [0.5, 0.6) is 11.5 Å². The number of unbranched alkanes of at least 4 members (excludes halogenated alkanes) is 12. The van der Waals surface area contributed by atoms with E-state index in [1.54, 1.807) is 24.3 Å². The van der Waals surface area contributed by atoms with Gasteiger partial charge in [-0.2, -0.15) is 0 Å². The Balaban J connectivity index is 0.920. The number of hydrogen-bond acceptors (Lipinski definition) is 8. The van der Waals surface area contributed by atoms with Crippen molar-refractivity contribution in [2.24, 2.45) is 9.98 Å². The maximum atomic E-state index is 13.0. The van der Waals surface area contributed by atoms with E-state index in [4.69, 9.17) is 18.9 Å². The molecule has 0 spiro atoms. The monoisotopic (exact) mass is 893 g/mol. The van der Waals surface area contributed by atoms with Crippen molar-refractivity contribution < 1.29 is 28.5 Å². The number of aliphatic imine (C=N–C) groups is 2. The summed E-state index contributed by atoms with van der Waals surface area (Å²) in [6, 6.07) is 39.0. The Morgan fingerprint density at radius 3 is 1.15 bits per heavy atom. The van der Waals surface area contributed by atoms with E-state index >= 15 is 0 Å². The maximum absolute atomic E-state index is 13.0. The van der Waals surface area contributed by atoms with Crippen molar-refractivity contribution in [3.05, 3.63) is 155 Å². The van der Waals surface area contributed by atoms with Gasteiger partial charge in [-0.1, -0.05) is 127 Å². The lowest BCUT2D eigenvalue weighted by Crippen LogP contribution is -2.16. The van der Waals surface area contributed by atoms with Gasteiger partial charge in [-0.05, 0) is 133 Å². The molecular formula is C58H72N2O6. The third kappa shape index (κ3) is 20.0. The lowest BCUT2D eigenvalue weighted by molar-refractivity contribution is 0.0438. The minimum absolute atomic E-state index is 0.142. The first-order valence-corrected chi connectivity index (χ1v) is 24.7. The number of esters is 2. The molecule has 8 heteroatoms. The van der Waals surface area contributed by atoms with E-state index in [1.165, 1.54) is 101 Å². The molecule has 5 rings (SSSR count). The maximum Gasteiger partial charge on any atom is 0.339 e. The van der Waals surface area contributed by atoms with Crippen molar-refractivity contribution >= 4 is 35.7 Å². The van der Waals surface area contributed by atoms with E-state index in [-0.39, 0.29) is 24.3 Å². The molecule has 0 heterocycles. The molecule has 0 unspecified atom stereocenters. The van der Waals surface area contributed by atoms with Gasteiger partial charge in [0.05, 0.1) is 48.9 Å². The molecule has 0 fully saturated rings. The lowest BCUT2D eigenvalue weighted by Gasteiger charge is -2.11. The number of hydrogen-bond donors (Lipinski definition) is 0. The molecule has 66 heavy (non-hydrogen) atoms. The largest absolute Gasteiger partial charge is 0.493 e. The topological polar surface area (TPSA) is 95.8 Å². The average Bonchev–Trinajstić information content (AvgIpc) is 3.35. The van der Waals surface area contributed by atoms with Gasteiger partial charge in [-0.25, -0.2) is 9.59 Å². The van der Waals surface area contributed by atoms with Crippen LogP contribution in [0.2, 0.25) is 0 Å². The van der Waals surface area contributed by atoms with E-state index < -0.39 is 11.9 Å². The third-order valence-corrected chi connectivity index (χ3v) is 11.4. The van der Waals surface area contributed by atoms with E-state index in [2.05, 4.69) is 72.4 Å². The number of benzene rings is 5. The standard InChI is InChI=1S/C58H72N2O6/c1-3-5-7-9-11-13-15-21-47-25-33-51(34-26-47)59-45-49-29-37-53(38-30-49)63-41-19-43-65-57(61)55-23-17-18-24-56(55)58(62)66-44-20-42-64-54-39-31-50(32-40-54)46-60-52-35-27-48(28-36-52)22-16-14-12-10-8-6-4-2/h17-18,23-40,45-46H,3-16,19-22,41-44H2,1-2H3. The number of carbonyl (C=O) groups is 2. The van der Waals surface area contributed by atoms with Crippen LogP contribution in [0.4, 0.5) is 11.4 Å². The number of aryl methyl sites for hydroxylation is 2. The molecule has 0 N–H and O–H groups in total. The fourth-order valence-corrected chi connectivity index (χ4v) is 7.49. The fraction of sp³-hybridized carbons (Fsp3) is 0.414. The van der Waals surface area contributed by atoms with Crippen LogP contribution in [0.3, 0.4) is 0 Å². The molecule has 0 aliphatic rings. The summed E-state index contributed by atoms with van der Waals surface area (Å²) in [5, 5.41) is 0. The van der Waals surface area contributed by atoms with E-state index in [9.17, 15) is 9.59 Å². The van der Waals surface area contributed by atoms with E-state index in [0.717, 1.165) is 46.8 Å². The normalized spacial score (nSPS) is 11.3. The van der Waals surface area contributed by atoms with Crippen LogP contribution in [0, 0.1) is 0 Å². The summed E-state index contributed by atoms with van der Waals surface area (Å²) in [7, 11) is 0. The van der Waals surface area contributed by atoms with Crippen LogP contribution >= 0.6 is 0 Å². The number of rotatable bonds is 32. The van der Waals surface area contributed by atoms with Crippen LogP contribution < -0.4 is 9.47 Å². The Morgan fingerprint density at radius 1 is 0.409 bits per heavy atom. The summed E-state index contributed by atoms with van der Waals surface area (Å²) in [6.07, 6.45) is 25.4. The summed E-state index contributed by atoms with van der Waals surface area (Å²) in [4.78, 5) is 35.2. The molecule has 0 amide bonds. The summed E-state index contributed by atoms with van der Waals surface area (Å²) in [5.41, 5.74) is 6.86. The summed E-state index contributed by atoms with van der Waals surface area (Å²) < 4.78 is 22.7. The van der Waals surface area contributed by atoms with Gasteiger partial charge in [0, 0.05) is 25.3 Å². The first kappa shape index (κ1) is 51.0. The number of carbonyl (C=O) groups excluding carboxylic acids is 2. The Labute approximate surface area is 394 Å². The average molecular weight is 893 g/mol. The molecule has 0 aliphatic carbocycles. The molecule has 8 nitrogen and oxygen atoms in total. The van der Waals surface area contributed by atoms with Crippen LogP contribution in [-0.4, -0.2) is 50.8 Å². The summed E-state index contributed by atoms with van der Waals surface area (Å²) in [5.74, 6) is 0.266. The van der Waals surface area contributed by atoms with Crippen molar-refractivity contribution in [1.82, 2.24) is 0 Å². The Morgan fingerprint density at radius 2 is 0.773 bits per heavy atom. The van der Waals surface area contributed by atoms with Gasteiger partial charge < -0.3 is 18.9 Å². The first-order valence-electron chi connectivity index (χ1n) is 24.7. The van der Waals surface area contributed by atoms with Crippen LogP contribution in [0.15, 0.2) is 131 Å². The Hall–Kier alpha value is -6.02.